The van der Waals surface area contributed by atoms with Crippen molar-refractivity contribution in [2.75, 3.05) is 25.0 Å². The van der Waals surface area contributed by atoms with Crippen molar-refractivity contribution in [1.29, 1.82) is 0 Å². The topological polar surface area (TPSA) is 75.0 Å². The van der Waals surface area contributed by atoms with Gasteiger partial charge in [-0.05, 0) is 61.6 Å². The van der Waals surface area contributed by atoms with E-state index in [-0.39, 0.29) is 24.6 Å². The van der Waals surface area contributed by atoms with Gasteiger partial charge in [-0.25, -0.2) is 4.79 Å². The molecule has 1 fully saturated rings. The molecule has 7 nitrogen and oxygen atoms in total. The molecule has 0 radical (unpaired) electrons. The predicted molar refractivity (Wildman–Crippen MR) is 135 cm³/mol. The number of hydrogen-bond donors (Lipinski definition) is 1. The number of hydrogen-bond acceptors (Lipinski definition) is 4. The monoisotopic (exact) mass is 475 g/mol. The van der Waals surface area contributed by atoms with Crippen molar-refractivity contribution in [1.82, 2.24) is 9.80 Å². The van der Waals surface area contributed by atoms with Gasteiger partial charge in [0.25, 0.3) is 0 Å². The molecule has 184 valence electrons. The fourth-order valence-corrected chi connectivity index (χ4v) is 4.22. The van der Waals surface area contributed by atoms with E-state index < -0.39 is 0 Å². The first-order valence-corrected chi connectivity index (χ1v) is 12.1. The zero-order valence-electron chi connectivity index (χ0n) is 20.4. The summed E-state index contributed by atoms with van der Waals surface area (Å²) in [6.07, 6.45) is 3.37. The molecular weight excluding hydrogens is 442 g/mol. The molecule has 1 N–H and O–H groups in total. The Morgan fingerprint density at radius 2 is 1.80 bits per heavy atom. The van der Waals surface area contributed by atoms with Crippen LogP contribution < -0.4 is 5.32 Å². The Morgan fingerprint density at radius 1 is 0.971 bits per heavy atom. The van der Waals surface area contributed by atoms with Gasteiger partial charge < -0.3 is 24.3 Å². The number of ether oxygens (including phenoxy) is 1. The van der Waals surface area contributed by atoms with Crippen LogP contribution in [0.4, 0.5) is 10.5 Å². The number of amides is 3. The molecule has 1 saturated heterocycles. The maximum Gasteiger partial charge on any atom is 0.322 e. The summed E-state index contributed by atoms with van der Waals surface area (Å²) >= 11 is 0. The number of nitrogens with zero attached hydrogens (tertiary/aromatic N) is 2. The zero-order chi connectivity index (χ0) is 24.6. The largest absolute Gasteiger partial charge is 0.467 e. The van der Waals surface area contributed by atoms with Crippen molar-refractivity contribution in [2.45, 2.75) is 45.9 Å². The highest BCUT2D eigenvalue weighted by Crippen LogP contribution is 2.20. The van der Waals surface area contributed by atoms with E-state index in [0.717, 1.165) is 35.2 Å². The van der Waals surface area contributed by atoms with Crippen LogP contribution in [0.2, 0.25) is 0 Å². The number of aryl methyl sites for hydroxylation is 1. The Hall–Kier alpha value is -3.58. The summed E-state index contributed by atoms with van der Waals surface area (Å²) in [6.45, 7) is 5.73. The molecule has 1 aromatic heterocycles. The number of nitrogens with one attached hydrogen (secondary N) is 1. The van der Waals surface area contributed by atoms with Gasteiger partial charge in [0.15, 0.2) is 0 Å². The van der Waals surface area contributed by atoms with Gasteiger partial charge in [0.1, 0.15) is 12.3 Å². The SMILES string of the molecule is Cc1cccc(NC(=O)N(CC(=O)N(Cc2ccccc2)Cc2ccco2)CC2CCCO2)c1C. The van der Waals surface area contributed by atoms with Crippen LogP contribution >= 0.6 is 0 Å². The first-order chi connectivity index (χ1) is 17.0. The number of anilines is 1. The third kappa shape index (κ3) is 6.73. The van der Waals surface area contributed by atoms with Crippen molar-refractivity contribution in [3.8, 4) is 0 Å². The van der Waals surface area contributed by atoms with E-state index in [9.17, 15) is 9.59 Å². The van der Waals surface area contributed by atoms with E-state index in [1.165, 1.54) is 0 Å². The minimum atomic E-state index is -0.305. The third-order valence-electron chi connectivity index (χ3n) is 6.40. The van der Waals surface area contributed by atoms with E-state index in [1.54, 1.807) is 16.1 Å². The highest BCUT2D eigenvalue weighted by molar-refractivity contribution is 5.93. The molecule has 3 amide bonds. The minimum Gasteiger partial charge on any atom is -0.467 e. The van der Waals surface area contributed by atoms with Gasteiger partial charge >= 0.3 is 6.03 Å². The quantitative estimate of drug-likeness (QED) is 0.465. The number of carbonyl (C=O) groups is 2. The van der Waals surface area contributed by atoms with Crippen molar-refractivity contribution in [3.05, 3.63) is 89.4 Å². The second kappa shape index (κ2) is 11.7. The first kappa shape index (κ1) is 24.5. The van der Waals surface area contributed by atoms with Crippen molar-refractivity contribution < 1.29 is 18.7 Å². The van der Waals surface area contributed by atoms with Crippen LogP contribution in [0.15, 0.2) is 71.3 Å². The molecule has 1 aliphatic heterocycles. The third-order valence-corrected chi connectivity index (χ3v) is 6.40. The van der Waals surface area contributed by atoms with Gasteiger partial charge in [-0.2, -0.15) is 0 Å². The highest BCUT2D eigenvalue weighted by atomic mass is 16.5. The van der Waals surface area contributed by atoms with Crippen LogP contribution in [-0.2, 0) is 22.6 Å². The average Bonchev–Trinajstić information content (AvgIpc) is 3.56. The Morgan fingerprint density at radius 3 is 2.51 bits per heavy atom. The van der Waals surface area contributed by atoms with Gasteiger partial charge in [-0.1, -0.05) is 42.5 Å². The Bertz CT molecular complexity index is 1110. The lowest BCUT2D eigenvalue weighted by Crippen LogP contribution is -2.46. The second-order valence-corrected chi connectivity index (χ2v) is 9.01. The van der Waals surface area contributed by atoms with E-state index in [0.29, 0.717) is 32.0 Å². The zero-order valence-corrected chi connectivity index (χ0v) is 20.4. The summed E-state index contributed by atoms with van der Waals surface area (Å²) in [5, 5.41) is 3.01. The molecule has 0 saturated carbocycles. The van der Waals surface area contributed by atoms with Gasteiger partial charge in [-0.3, -0.25) is 4.79 Å². The molecule has 1 unspecified atom stereocenters. The van der Waals surface area contributed by atoms with E-state index >= 15 is 0 Å². The van der Waals surface area contributed by atoms with Gasteiger partial charge in [0.2, 0.25) is 5.91 Å². The van der Waals surface area contributed by atoms with Crippen molar-refractivity contribution in [3.63, 3.8) is 0 Å². The molecule has 1 aliphatic rings. The van der Waals surface area contributed by atoms with Gasteiger partial charge in [0, 0.05) is 25.4 Å². The Balaban J connectivity index is 1.52. The number of rotatable bonds is 9. The standard InChI is InChI=1S/C28H33N3O4/c1-21-9-6-14-26(22(21)2)29-28(33)31(19-25-13-8-16-35-25)20-27(32)30(18-24-12-7-15-34-24)17-23-10-4-3-5-11-23/h3-7,9-12,14-15,25H,8,13,16-20H2,1-2H3,(H,29,33). The summed E-state index contributed by atoms with van der Waals surface area (Å²) in [7, 11) is 0. The summed E-state index contributed by atoms with van der Waals surface area (Å²) in [6, 6.07) is 19.0. The normalized spacial score (nSPS) is 15.1. The van der Waals surface area contributed by atoms with Crippen molar-refractivity contribution >= 4 is 17.6 Å². The molecule has 0 spiro atoms. The van der Waals surface area contributed by atoms with Crippen LogP contribution in [0, 0.1) is 13.8 Å². The van der Waals surface area contributed by atoms with Crippen molar-refractivity contribution in [2.24, 2.45) is 0 Å². The molecule has 35 heavy (non-hydrogen) atoms. The van der Waals surface area contributed by atoms with Crippen LogP contribution in [0.5, 0.6) is 0 Å². The number of furan rings is 1. The van der Waals surface area contributed by atoms with E-state index in [4.69, 9.17) is 9.15 Å². The lowest BCUT2D eigenvalue weighted by molar-refractivity contribution is -0.133. The summed E-state index contributed by atoms with van der Waals surface area (Å²) in [5.41, 5.74) is 3.86. The molecule has 2 heterocycles. The maximum atomic E-state index is 13.6. The fourth-order valence-electron chi connectivity index (χ4n) is 4.22. The smallest absolute Gasteiger partial charge is 0.322 e. The first-order valence-electron chi connectivity index (χ1n) is 12.1. The highest BCUT2D eigenvalue weighted by Gasteiger charge is 2.27. The van der Waals surface area contributed by atoms with Crippen LogP contribution in [0.3, 0.4) is 0 Å². The molecule has 0 bridgehead atoms. The molecule has 2 aromatic carbocycles. The Labute approximate surface area is 206 Å². The van der Waals surface area contributed by atoms with Crippen LogP contribution in [0.25, 0.3) is 0 Å². The lowest BCUT2D eigenvalue weighted by Gasteiger charge is -2.29. The number of carbonyl (C=O) groups excluding carboxylic acids is 2. The van der Waals surface area contributed by atoms with Gasteiger partial charge in [-0.15, -0.1) is 0 Å². The van der Waals surface area contributed by atoms with E-state index in [1.807, 2.05) is 74.5 Å². The fraction of sp³-hybridized carbons (Fsp3) is 0.357. The van der Waals surface area contributed by atoms with Gasteiger partial charge in [0.05, 0.1) is 18.9 Å². The number of benzene rings is 2. The summed E-state index contributed by atoms with van der Waals surface area (Å²) in [4.78, 5) is 30.2. The van der Waals surface area contributed by atoms with Crippen LogP contribution in [-0.4, -0.2) is 47.5 Å². The molecule has 3 aromatic rings. The van der Waals surface area contributed by atoms with Crippen LogP contribution in [0.1, 0.15) is 35.3 Å². The minimum absolute atomic E-state index is 0.0515. The average molecular weight is 476 g/mol. The molecule has 7 heteroatoms. The Kier molecular flexibility index (Phi) is 8.21. The molecule has 1 atom stereocenters. The predicted octanol–water partition coefficient (Wildman–Crippen LogP) is 5.14. The lowest BCUT2D eigenvalue weighted by atomic mass is 10.1. The summed E-state index contributed by atoms with van der Waals surface area (Å²) < 4.78 is 11.3. The number of urea groups is 1. The summed E-state index contributed by atoms with van der Waals surface area (Å²) in [5.74, 6) is 0.541. The van der Waals surface area contributed by atoms with E-state index in [2.05, 4.69) is 5.32 Å². The molecule has 4 rings (SSSR count). The molecule has 0 aliphatic carbocycles. The second-order valence-electron chi connectivity index (χ2n) is 9.01. The molecular formula is C28H33N3O4. The maximum absolute atomic E-state index is 13.6.